The van der Waals surface area contributed by atoms with E-state index in [2.05, 4.69) is 20.9 Å². The summed E-state index contributed by atoms with van der Waals surface area (Å²) in [5.74, 6) is -0.326. The number of hydrogen-bond donors (Lipinski definition) is 2. The molecule has 0 saturated carbocycles. The van der Waals surface area contributed by atoms with Gasteiger partial charge in [-0.3, -0.25) is 0 Å². The summed E-state index contributed by atoms with van der Waals surface area (Å²) in [6.07, 6.45) is -0.785. The average molecular weight is 312 g/mol. The van der Waals surface area contributed by atoms with E-state index in [1.165, 1.54) is 12.1 Å². The smallest absolute Gasteiger partial charge is 0.124 e. The molecule has 2 rings (SSSR count). The van der Waals surface area contributed by atoms with E-state index < -0.39 is 6.10 Å². The second-order valence-corrected chi connectivity index (χ2v) is 5.34. The molecule has 2 nitrogen and oxygen atoms in total. The molecular formula is C14H15BrFNO. The van der Waals surface area contributed by atoms with Gasteiger partial charge in [0.05, 0.1) is 5.69 Å². The van der Waals surface area contributed by atoms with Crippen LogP contribution in [0.4, 0.5) is 4.39 Å². The van der Waals surface area contributed by atoms with E-state index in [-0.39, 0.29) is 5.82 Å². The molecule has 0 spiro atoms. The number of rotatable bonds is 2. The predicted octanol–water partition coefficient (Wildman–Crippen LogP) is 3.92. The quantitative estimate of drug-likeness (QED) is 0.866. The highest BCUT2D eigenvalue weighted by atomic mass is 79.9. The molecule has 18 heavy (non-hydrogen) atoms. The van der Waals surface area contributed by atoms with Crippen molar-refractivity contribution in [3.05, 3.63) is 56.6 Å². The molecule has 0 aliphatic rings. The van der Waals surface area contributed by atoms with Gasteiger partial charge in [0, 0.05) is 15.7 Å². The van der Waals surface area contributed by atoms with Gasteiger partial charge < -0.3 is 10.1 Å². The van der Waals surface area contributed by atoms with E-state index in [1.807, 2.05) is 20.8 Å². The van der Waals surface area contributed by atoms with Crippen molar-refractivity contribution in [1.82, 2.24) is 4.98 Å². The molecule has 1 aromatic carbocycles. The summed E-state index contributed by atoms with van der Waals surface area (Å²) in [6.45, 7) is 5.95. The number of aliphatic hydroxyl groups excluding tert-OH is 1. The number of hydrogen-bond acceptors (Lipinski definition) is 1. The van der Waals surface area contributed by atoms with E-state index in [0.717, 1.165) is 22.5 Å². The molecule has 0 radical (unpaired) electrons. The maximum atomic E-state index is 13.0. The lowest BCUT2D eigenvalue weighted by Gasteiger charge is -2.13. The van der Waals surface area contributed by atoms with Gasteiger partial charge >= 0.3 is 0 Å². The molecule has 2 aromatic rings. The molecule has 1 aromatic heterocycles. The molecule has 1 atom stereocenters. The molecule has 0 saturated heterocycles. The van der Waals surface area contributed by atoms with Crippen molar-refractivity contribution < 1.29 is 9.50 Å². The van der Waals surface area contributed by atoms with Crippen molar-refractivity contribution >= 4 is 15.9 Å². The Balaban J connectivity index is 2.47. The maximum absolute atomic E-state index is 13.0. The van der Waals surface area contributed by atoms with Gasteiger partial charge in [-0.15, -0.1) is 0 Å². The number of aliphatic hydroxyl groups is 1. The largest absolute Gasteiger partial charge is 0.382 e. The van der Waals surface area contributed by atoms with Crippen LogP contribution in [0.1, 0.15) is 34.2 Å². The summed E-state index contributed by atoms with van der Waals surface area (Å²) in [7, 11) is 0. The molecule has 4 heteroatoms. The topological polar surface area (TPSA) is 36.0 Å². The molecule has 0 amide bonds. The number of nitrogens with one attached hydrogen (secondary N) is 1. The van der Waals surface area contributed by atoms with Gasteiger partial charge in [0.15, 0.2) is 0 Å². The number of H-pyrrole nitrogens is 1. The van der Waals surface area contributed by atoms with Gasteiger partial charge in [0.25, 0.3) is 0 Å². The summed E-state index contributed by atoms with van der Waals surface area (Å²) >= 11 is 3.28. The Morgan fingerprint density at radius 2 is 1.89 bits per heavy atom. The van der Waals surface area contributed by atoms with Crippen LogP contribution in [-0.2, 0) is 0 Å². The first kappa shape index (κ1) is 13.3. The maximum Gasteiger partial charge on any atom is 0.124 e. The first-order valence-corrected chi connectivity index (χ1v) is 6.49. The molecule has 1 heterocycles. The van der Waals surface area contributed by atoms with Crippen LogP contribution in [-0.4, -0.2) is 10.1 Å². The third-order valence-electron chi connectivity index (χ3n) is 3.38. The van der Waals surface area contributed by atoms with Gasteiger partial charge in [-0.1, -0.05) is 22.0 Å². The van der Waals surface area contributed by atoms with Crippen molar-refractivity contribution in [1.29, 1.82) is 0 Å². The molecule has 0 bridgehead atoms. The molecule has 1 unspecified atom stereocenters. The van der Waals surface area contributed by atoms with Gasteiger partial charge in [0.2, 0.25) is 0 Å². The van der Waals surface area contributed by atoms with Crippen LogP contribution >= 0.6 is 15.9 Å². The van der Waals surface area contributed by atoms with Crippen molar-refractivity contribution in [2.45, 2.75) is 26.9 Å². The third kappa shape index (κ3) is 2.22. The highest BCUT2D eigenvalue weighted by Crippen LogP contribution is 2.31. The highest BCUT2D eigenvalue weighted by Gasteiger charge is 2.19. The van der Waals surface area contributed by atoms with Gasteiger partial charge in [-0.25, -0.2) is 4.39 Å². The van der Waals surface area contributed by atoms with Crippen LogP contribution in [0.5, 0.6) is 0 Å². The summed E-state index contributed by atoms with van der Waals surface area (Å²) in [5.41, 5.74) is 4.64. The number of halogens is 2. The van der Waals surface area contributed by atoms with Crippen LogP contribution in [0.15, 0.2) is 22.7 Å². The number of benzene rings is 1. The first-order chi connectivity index (χ1) is 8.41. The van der Waals surface area contributed by atoms with Crippen LogP contribution < -0.4 is 0 Å². The standard InChI is InChI=1S/C14H15BrFNO/c1-7-8(2)13(17-9(7)3)14(18)11-5-4-10(16)6-12(11)15/h4-6,14,17-18H,1-3H3. The first-order valence-electron chi connectivity index (χ1n) is 5.70. The van der Waals surface area contributed by atoms with Crippen molar-refractivity contribution in [3.8, 4) is 0 Å². The zero-order valence-electron chi connectivity index (χ0n) is 10.5. The summed E-state index contributed by atoms with van der Waals surface area (Å²) in [6, 6.07) is 4.30. The van der Waals surface area contributed by atoms with Crippen LogP contribution in [0.25, 0.3) is 0 Å². The van der Waals surface area contributed by atoms with Gasteiger partial charge in [-0.2, -0.15) is 0 Å². The van der Waals surface area contributed by atoms with Gasteiger partial charge in [-0.05, 0) is 44.0 Å². The average Bonchev–Trinajstić information content (AvgIpc) is 2.56. The predicted molar refractivity (Wildman–Crippen MR) is 73.2 cm³/mol. The lowest BCUT2D eigenvalue weighted by atomic mass is 10.0. The Kier molecular flexibility index (Phi) is 3.59. The molecule has 0 aliphatic carbocycles. The van der Waals surface area contributed by atoms with Crippen LogP contribution in [0, 0.1) is 26.6 Å². The fraction of sp³-hybridized carbons (Fsp3) is 0.286. The minimum Gasteiger partial charge on any atom is -0.382 e. The minimum atomic E-state index is -0.785. The Morgan fingerprint density at radius 3 is 2.39 bits per heavy atom. The second-order valence-electron chi connectivity index (χ2n) is 4.48. The molecule has 96 valence electrons. The van der Waals surface area contributed by atoms with E-state index >= 15 is 0 Å². The highest BCUT2D eigenvalue weighted by molar-refractivity contribution is 9.10. The fourth-order valence-electron chi connectivity index (χ4n) is 2.02. The van der Waals surface area contributed by atoms with Gasteiger partial charge in [0.1, 0.15) is 11.9 Å². The molecular weight excluding hydrogens is 297 g/mol. The van der Waals surface area contributed by atoms with E-state index in [0.29, 0.717) is 10.0 Å². The normalized spacial score (nSPS) is 12.8. The third-order valence-corrected chi connectivity index (χ3v) is 4.07. The minimum absolute atomic E-state index is 0.326. The second kappa shape index (κ2) is 4.86. The Hall–Kier alpha value is -1.13. The fourth-order valence-corrected chi connectivity index (χ4v) is 2.59. The van der Waals surface area contributed by atoms with Crippen molar-refractivity contribution in [2.75, 3.05) is 0 Å². The van der Waals surface area contributed by atoms with E-state index in [9.17, 15) is 9.50 Å². The van der Waals surface area contributed by atoms with E-state index in [4.69, 9.17) is 0 Å². The Labute approximate surface area is 114 Å². The Morgan fingerprint density at radius 1 is 1.22 bits per heavy atom. The molecule has 0 fully saturated rings. The lowest BCUT2D eigenvalue weighted by Crippen LogP contribution is -2.03. The summed E-state index contributed by atoms with van der Waals surface area (Å²) in [4.78, 5) is 3.19. The SMILES string of the molecule is Cc1[nH]c(C(O)c2ccc(F)cc2Br)c(C)c1C. The number of aromatic nitrogens is 1. The summed E-state index contributed by atoms with van der Waals surface area (Å²) in [5, 5.41) is 10.4. The summed E-state index contributed by atoms with van der Waals surface area (Å²) < 4.78 is 13.6. The lowest BCUT2D eigenvalue weighted by molar-refractivity contribution is 0.214. The number of aromatic amines is 1. The number of aryl methyl sites for hydroxylation is 1. The zero-order chi connectivity index (χ0) is 13.4. The Bertz CT molecular complexity index is 592. The van der Waals surface area contributed by atoms with Crippen molar-refractivity contribution in [3.63, 3.8) is 0 Å². The zero-order valence-corrected chi connectivity index (χ0v) is 12.1. The van der Waals surface area contributed by atoms with E-state index in [1.54, 1.807) is 6.07 Å². The molecule has 2 N–H and O–H groups in total. The van der Waals surface area contributed by atoms with Crippen LogP contribution in [0.2, 0.25) is 0 Å². The monoisotopic (exact) mass is 311 g/mol. The molecule has 0 aliphatic heterocycles. The van der Waals surface area contributed by atoms with Crippen LogP contribution in [0.3, 0.4) is 0 Å². The van der Waals surface area contributed by atoms with Crippen molar-refractivity contribution in [2.24, 2.45) is 0 Å².